The van der Waals surface area contributed by atoms with Crippen LogP contribution in [0.3, 0.4) is 0 Å². The van der Waals surface area contributed by atoms with Crippen molar-refractivity contribution in [2.45, 2.75) is 31.8 Å². The Hall–Kier alpha value is -1.20. The molecule has 0 radical (unpaired) electrons. The monoisotopic (exact) mass is 250 g/mol. The van der Waals surface area contributed by atoms with Crippen LogP contribution >= 0.6 is 0 Å². The molecule has 0 amide bonds. The third-order valence-corrected chi connectivity index (χ3v) is 3.27. The van der Waals surface area contributed by atoms with E-state index in [0.29, 0.717) is 6.54 Å². The predicted molar refractivity (Wildman–Crippen MR) is 71.4 cm³/mol. The van der Waals surface area contributed by atoms with E-state index in [0.717, 1.165) is 25.5 Å². The molecule has 0 unspecified atom stereocenters. The Morgan fingerprint density at radius 3 is 2.72 bits per heavy atom. The van der Waals surface area contributed by atoms with Crippen molar-refractivity contribution in [3.63, 3.8) is 0 Å². The normalized spacial score (nSPS) is 19.2. The molecule has 1 saturated heterocycles. The summed E-state index contributed by atoms with van der Waals surface area (Å²) in [6.07, 6.45) is 8.01. The number of aliphatic hydroxyl groups excluding tert-OH is 1. The van der Waals surface area contributed by atoms with Gasteiger partial charge in [0.1, 0.15) is 12.1 Å². The molecule has 5 nitrogen and oxygen atoms in total. The molecule has 1 aliphatic heterocycles. The van der Waals surface area contributed by atoms with Crippen LogP contribution in [-0.4, -0.2) is 52.3 Å². The molecule has 1 atom stereocenters. The molecule has 1 aromatic heterocycles. The van der Waals surface area contributed by atoms with Gasteiger partial charge in [0.15, 0.2) is 0 Å². The second kappa shape index (κ2) is 7.28. The molecular formula is C13H22N4O. The Morgan fingerprint density at radius 2 is 2.06 bits per heavy atom. The number of nitrogens with zero attached hydrogens (tertiary/aromatic N) is 3. The van der Waals surface area contributed by atoms with Crippen molar-refractivity contribution in [1.82, 2.24) is 14.9 Å². The van der Waals surface area contributed by atoms with Crippen LogP contribution < -0.4 is 5.32 Å². The van der Waals surface area contributed by atoms with Crippen molar-refractivity contribution in [1.29, 1.82) is 0 Å². The lowest BCUT2D eigenvalue weighted by Crippen LogP contribution is -2.36. The fourth-order valence-corrected chi connectivity index (χ4v) is 2.30. The lowest BCUT2D eigenvalue weighted by Gasteiger charge is -2.23. The van der Waals surface area contributed by atoms with Crippen molar-refractivity contribution < 1.29 is 5.11 Å². The molecule has 2 rings (SSSR count). The Labute approximate surface area is 108 Å². The van der Waals surface area contributed by atoms with E-state index < -0.39 is 0 Å². The molecule has 18 heavy (non-hydrogen) atoms. The Morgan fingerprint density at radius 1 is 1.28 bits per heavy atom. The molecule has 0 aromatic carbocycles. The van der Waals surface area contributed by atoms with E-state index in [-0.39, 0.29) is 6.10 Å². The van der Waals surface area contributed by atoms with E-state index in [1.165, 1.54) is 32.0 Å². The third kappa shape index (κ3) is 4.58. The number of β-amino-alcohol motifs (C(OH)–C–C–N with tert-alkyl or cyclic N) is 1. The van der Waals surface area contributed by atoms with Gasteiger partial charge in [-0.2, -0.15) is 0 Å². The fraction of sp³-hybridized carbons (Fsp3) is 0.692. The second-order valence-corrected chi connectivity index (χ2v) is 4.84. The standard InChI is InChI=1S/C13H22N4O/c18-12(9-15-13-5-6-14-11-16-13)10-17-7-3-1-2-4-8-17/h5-6,11-12,18H,1-4,7-10H2,(H,14,15,16)/t12-/m0/s1. The number of hydrogen-bond acceptors (Lipinski definition) is 5. The lowest BCUT2D eigenvalue weighted by atomic mass is 10.2. The number of likely N-dealkylation sites (tertiary alicyclic amines) is 1. The van der Waals surface area contributed by atoms with Gasteiger partial charge < -0.3 is 15.3 Å². The second-order valence-electron chi connectivity index (χ2n) is 4.84. The van der Waals surface area contributed by atoms with Crippen LogP contribution in [0, 0.1) is 0 Å². The van der Waals surface area contributed by atoms with Crippen LogP contribution in [0.2, 0.25) is 0 Å². The Balaban J connectivity index is 1.69. The molecule has 1 aromatic rings. The van der Waals surface area contributed by atoms with Gasteiger partial charge in [-0.15, -0.1) is 0 Å². The van der Waals surface area contributed by atoms with E-state index in [9.17, 15) is 5.11 Å². The first kappa shape index (κ1) is 13.2. The quantitative estimate of drug-likeness (QED) is 0.820. The molecule has 100 valence electrons. The van der Waals surface area contributed by atoms with Gasteiger partial charge in [0, 0.05) is 19.3 Å². The Kier molecular flexibility index (Phi) is 5.36. The number of anilines is 1. The predicted octanol–water partition coefficient (Wildman–Crippen LogP) is 1.13. The summed E-state index contributed by atoms with van der Waals surface area (Å²) < 4.78 is 0. The number of rotatable bonds is 5. The van der Waals surface area contributed by atoms with Crippen LogP contribution in [-0.2, 0) is 0 Å². The molecule has 1 fully saturated rings. The van der Waals surface area contributed by atoms with Gasteiger partial charge in [-0.25, -0.2) is 9.97 Å². The van der Waals surface area contributed by atoms with Crippen LogP contribution in [0.25, 0.3) is 0 Å². The summed E-state index contributed by atoms with van der Waals surface area (Å²) in [4.78, 5) is 10.3. The molecular weight excluding hydrogens is 228 g/mol. The summed E-state index contributed by atoms with van der Waals surface area (Å²) in [6, 6.07) is 1.80. The molecule has 0 bridgehead atoms. The zero-order valence-corrected chi connectivity index (χ0v) is 10.8. The van der Waals surface area contributed by atoms with E-state index in [1.807, 2.05) is 0 Å². The fourth-order valence-electron chi connectivity index (χ4n) is 2.30. The maximum atomic E-state index is 10.0. The van der Waals surface area contributed by atoms with E-state index in [1.54, 1.807) is 12.3 Å². The summed E-state index contributed by atoms with van der Waals surface area (Å²) in [5, 5.41) is 13.1. The van der Waals surface area contributed by atoms with Crippen molar-refractivity contribution in [3.05, 3.63) is 18.6 Å². The van der Waals surface area contributed by atoms with Gasteiger partial charge in [0.25, 0.3) is 0 Å². The van der Waals surface area contributed by atoms with Gasteiger partial charge >= 0.3 is 0 Å². The number of nitrogens with one attached hydrogen (secondary N) is 1. The maximum Gasteiger partial charge on any atom is 0.129 e. The van der Waals surface area contributed by atoms with Crippen LogP contribution in [0.4, 0.5) is 5.82 Å². The first-order chi connectivity index (χ1) is 8.84. The largest absolute Gasteiger partial charge is 0.390 e. The van der Waals surface area contributed by atoms with Crippen LogP contribution in [0.15, 0.2) is 18.6 Å². The summed E-state index contributed by atoms with van der Waals surface area (Å²) in [7, 11) is 0. The molecule has 1 aliphatic rings. The maximum absolute atomic E-state index is 10.0. The highest BCUT2D eigenvalue weighted by Gasteiger charge is 2.13. The van der Waals surface area contributed by atoms with Crippen molar-refractivity contribution in [2.75, 3.05) is 31.5 Å². The van der Waals surface area contributed by atoms with E-state index in [4.69, 9.17) is 0 Å². The minimum absolute atomic E-state index is 0.349. The van der Waals surface area contributed by atoms with Crippen LogP contribution in [0.5, 0.6) is 0 Å². The van der Waals surface area contributed by atoms with Gasteiger partial charge in [-0.1, -0.05) is 12.8 Å². The molecule has 2 heterocycles. The number of aromatic nitrogens is 2. The zero-order chi connectivity index (χ0) is 12.6. The van der Waals surface area contributed by atoms with Gasteiger partial charge in [-0.3, -0.25) is 0 Å². The number of hydrogen-bond donors (Lipinski definition) is 2. The smallest absolute Gasteiger partial charge is 0.129 e. The summed E-state index contributed by atoms with van der Waals surface area (Å²) in [5.74, 6) is 0.764. The van der Waals surface area contributed by atoms with Crippen LogP contribution in [0.1, 0.15) is 25.7 Å². The minimum Gasteiger partial charge on any atom is -0.390 e. The topological polar surface area (TPSA) is 61.3 Å². The summed E-state index contributed by atoms with van der Waals surface area (Å²) in [6.45, 7) is 3.51. The molecule has 5 heteroatoms. The van der Waals surface area contributed by atoms with Crippen molar-refractivity contribution >= 4 is 5.82 Å². The molecule has 0 spiro atoms. The molecule has 2 N–H and O–H groups in total. The van der Waals surface area contributed by atoms with Crippen molar-refractivity contribution in [2.24, 2.45) is 0 Å². The highest BCUT2D eigenvalue weighted by molar-refractivity contribution is 5.31. The first-order valence-electron chi connectivity index (χ1n) is 6.75. The Bertz CT molecular complexity index is 325. The average molecular weight is 250 g/mol. The van der Waals surface area contributed by atoms with E-state index >= 15 is 0 Å². The summed E-state index contributed by atoms with van der Waals surface area (Å²) >= 11 is 0. The van der Waals surface area contributed by atoms with Gasteiger partial charge in [-0.05, 0) is 32.0 Å². The van der Waals surface area contributed by atoms with Crippen molar-refractivity contribution in [3.8, 4) is 0 Å². The highest BCUT2D eigenvalue weighted by atomic mass is 16.3. The SMILES string of the molecule is O[C@@H](CNc1ccncn1)CN1CCCCCC1. The van der Waals surface area contributed by atoms with Gasteiger partial charge in [0.2, 0.25) is 0 Å². The third-order valence-electron chi connectivity index (χ3n) is 3.27. The minimum atomic E-state index is -0.349. The lowest BCUT2D eigenvalue weighted by molar-refractivity contribution is 0.124. The zero-order valence-electron chi connectivity index (χ0n) is 10.8. The van der Waals surface area contributed by atoms with Gasteiger partial charge in [0.05, 0.1) is 6.10 Å². The summed E-state index contributed by atoms with van der Waals surface area (Å²) in [5.41, 5.74) is 0. The number of aliphatic hydroxyl groups is 1. The molecule has 0 aliphatic carbocycles. The first-order valence-corrected chi connectivity index (χ1v) is 6.75. The molecule has 0 saturated carbocycles. The average Bonchev–Trinajstić information content (AvgIpc) is 2.66. The highest BCUT2D eigenvalue weighted by Crippen LogP contribution is 2.10. The van der Waals surface area contributed by atoms with E-state index in [2.05, 4.69) is 20.2 Å².